The number of anilines is 1. The van der Waals surface area contributed by atoms with E-state index in [1.807, 2.05) is 0 Å². The summed E-state index contributed by atoms with van der Waals surface area (Å²) in [6.45, 7) is 6.13. The summed E-state index contributed by atoms with van der Waals surface area (Å²) >= 11 is 0. The van der Waals surface area contributed by atoms with E-state index in [-0.39, 0.29) is 11.3 Å². The van der Waals surface area contributed by atoms with E-state index < -0.39 is 33.6 Å². The topological polar surface area (TPSA) is 72.2 Å². The van der Waals surface area contributed by atoms with Crippen LogP contribution in [-0.4, -0.2) is 10.8 Å². The van der Waals surface area contributed by atoms with Gasteiger partial charge in [-0.1, -0.05) is 20.8 Å². The molecule has 0 spiro atoms. The Labute approximate surface area is 108 Å². The molecule has 0 aliphatic heterocycles. The highest BCUT2D eigenvalue weighted by Gasteiger charge is 2.27. The maximum Gasteiger partial charge on any atom is 0.309 e. The Morgan fingerprint density at radius 3 is 2.26 bits per heavy atom. The zero-order valence-corrected chi connectivity index (χ0v) is 11.0. The summed E-state index contributed by atoms with van der Waals surface area (Å²) in [7, 11) is 0. The number of nitro benzene ring substituents is 1. The van der Waals surface area contributed by atoms with Crippen LogP contribution in [0.15, 0.2) is 6.07 Å². The molecular formula is C12H14F2N2O3. The lowest BCUT2D eigenvalue weighted by atomic mass is 9.95. The molecule has 0 aliphatic rings. The third-order valence-electron chi connectivity index (χ3n) is 2.56. The van der Waals surface area contributed by atoms with Gasteiger partial charge in [-0.15, -0.1) is 0 Å². The van der Waals surface area contributed by atoms with E-state index in [1.165, 1.54) is 6.92 Å². The van der Waals surface area contributed by atoms with Crippen LogP contribution in [0.1, 0.15) is 26.3 Å². The molecule has 0 heterocycles. The summed E-state index contributed by atoms with van der Waals surface area (Å²) < 4.78 is 26.9. The van der Waals surface area contributed by atoms with Gasteiger partial charge in [0.1, 0.15) is 0 Å². The van der Waals surface area contributed by atoms with E-state index in [1.54, 1.807) is 20.8 Å². The number of amides is 1. The second-order valence-corrected chi connectivity index (χ2v) is 5.16. The Kier molecular flexibility index (Phi) is 3.88. The van der Waals surface area contributed by atoms with Gasteiger partial charge >= 0.3 is 5.69 Å². The SMILES string of the molecule is Cc1c(NC(=O)C(C)(C)C)cc([N+](=O)[O-])c(F)c1F. The van der Waals surface area contributed by atoms with Crippen LogP contribution in [0.25, 0.3) is 0 Å². The Balaban J connectivity index is 3.30. The molecule has 0 saturated heterocycles. The standard InChI is InChI=1S/C12H14F2N2O3/c1-6-7(15-11(17)12(2,3)4)5-8(16(18)19)10(14)9(6)13/h5H,1-4H3,(H,15,17). The van der Waals surface area contributed by atoms with E-state index in [4.69, 9.17) is 0 Å². The first-order valence-electron chi connectivity index (χ1n) is 5.50. The zero-order valence-electron chi connectivity index (χ0n) is 11.0. The molecule has 0 aromatic heterocycles. The number of hydrogen-bond donors (Lipinski definition) is 1. The van der Waals surface area contributed by atoms with Crippen LogP contribution >= 0.6 is 0 Å². The average molecular weight is 272 g/mol. The number of carbonyl (C=O) groups excluding carboxylic acids is 1. The molecule has 1 amide bonds. The van der Waals surface area contributed by atoms with E-state index >= 15 is 0 Å². The van der Waals surface area contributed by atoms with Gasteiger partial charge in [0.2, 0.25) is 11.7 Å². The minimum Gasteiger partial charge on any atom is -0.325 e. The lowest BCUT2D eigenvalue weighted by Crippen LogP contribution is -2.28. The van der Waals surface area contributed by atoms with Crippen molar-refractivity contribution in [2.24, 2.45) is 5.41 Å². The molecular weight excluding hydrogens is 258 g/mol. The van der Waals surface area contributed by atoms with Gasteiger partial charge in [0.25, 0.3) is 0 Å². The number of nitro groups is 1. The summed E-state index contributed by atoms with van der Waals surface area (Å²) in [6.07, 6.45) is 0. The van der Waals surface area contributed by atoms with Crippen molar-refractivity contribution < 1.29 is 18.5 Å². The van der Waals surface area contributed by atoms with Crippen LogP contribution in [-0.2, 0) is 4.79 Å². The first-order valence-corrected chi connectivity index (χ1v) is 5.50. The van der Waals surface area contributed by atoms with Crippen molar-refractivity contribution in [3.8, 4) is 0 Å². The predicted octanol–water partition coefficient (Wildman–Crippen LogP) is 3.17. The van der Waals surface area contributed by atoms with Crippen molar-refractivity contribution in [3.05, 3.63) is 33.4 Å². The van der Waals surface area contributed by atoms with E-state index in [0.29, 0.717) is 0 Å². The number of halogens is 2. The van der Waals surface area contributed by atoms with Crippen molar-refractivity contribution >= 4 is 17.3 Å². The molecule has 19 heavy (non-hydrogen) atoms. The highest BCUT2D eigenvalue weighted by Crippen LogP contribution is 2.30. The molecule has 0 unspecified atom stereocenters. The maximum atomic E-state index is 13.5. The molecule has 7 heteroatoms. The maximum absolute atomic E-state index is 13.5. The molecule has 5 nitrogen and oxygen atoms in total. The molecule has 0 saturated carbocycles. The largest absolute Gasteiger partial charge is 0.325 e. The quantitative estimate of drug-likeness (QED) is 0.664. The summed E-state index contributed by atoms with van der Waals surface area (Å²) in [4.78, 5) is 21.3. The molecule has 1 N–H and O–H groups in total. The summed E-state index contributed by atoms with van der Waals surface area (Å²) in [5.41, 5.74) is -2.05. The van der Waals surface area contributed by atoms with Crippen LogP contribution in [0.4, 0.5) is 20.2 Å². The minimum absolute atomic E-state index is 0.106. The molecule has 0 radical (unpaired) electrons. The molecule has 104 valence electrons. The van der Waals surface area contributed by atoms with Gasteiger partial charge in [-0.05, 0) is 6.92 Å². The fourth-order valence-electron chi connectivity index (χ4n) is 1.28. The minimum atomic E-state index is -1.53. The first kappa shape index (κ1) is 15.0. The van der Waals surface area contributed by atoms with Gasteiger partial charge in [-0.2, -0.15) is 4.39 Å². The van der Waals surface area contributed by atoms with Gasteiger partial charge in [0.05, 0.1) is 10.6 Å². The molecule has 1 aromatic carbocycles. The molecule has 1 aromatic rings. The summed E-state index contributed by atoms with van der Waals surface area (Å²) in [5.74, 6) is -3.31. The fourth-order valence-corrected chi connectivity index (χ4v) is 1.28. The molecule has 0 fully saturated rings. The number of nitrogens with zero attached hydrogens (tertiary/aromatic N) is 1. The summed E-state index contributed by atoms with van der Waals surface area (Å²) in [6, 6.07) is 0.817. The van der Waals surface area contributed by atoms with Crippen LogP contribution in [0, 0.1) is 34.1 Å². The second kappa shape index (κ2) is 4.91. The smallest absolute Gasteiger partial charge is 0.309 e. The normalized spacial score (nSPS) is 11.3. The number of carbonyl (C=O) groups is 1. The van der Waals surface area contributed by atoms with Crippen molar-refractivity contribution in [1.82, 2.24) is 0 Å². The fraction of sp³-hybridized carbons (Fsp3) is 0.417. The molecule has 0 atom stereocenters. The average Bonchev–Trinajstić information content (AvgIpc) is 2.28. The van der Waals surface area contributed by atoms with Crippen LogP contribution in [0.5, 0.6) is 0 Å². The predicted molar refractivity (Wildman–Crippen MR) is 65.8 cm³/mol. The summed E-state index contributed by atoms with van der Waals surface area (Å²) in [5, 5.41) is 13.0. The molecule has 0 bridgehead atoms. The van der Waals surface area contributed by atoms with Crippen LogP contribution in [0.2, 0.25) is 0 Å². The Morgan fingerprint density at radius 1 is 1.32 bits per heavy atom. The van der Waals surface area contributed by atoms with Gasteiger partial charge in [0.15, 0.2) is 5.82 Å². The first-order chi connectivity index (χ1) is 8.55. The Bertz CT molecular complexity index is 551. The number of benzene rings is 1. The Hall–Kier alpha value is -2.05. The monoisotopic (exact) mass is 272 g/mol. The van der Waals surface area contributed by atoms with E-state index in [0.717, 1.165) is 6.07 Å². The zero-order chi connectivity index (χ0) is 15.0. The second-order valence-electron chi connectivity index (χ2n) is 5.16. The van der Waals surface area contributed by atoms with Crippen LogP contribution < -0.4 is 5.32 Å². The molecule has 1 rings (SSSR count). The highest BCUT2D eigenvalue weighted by molar-refractivity contribution is 5.95. The van der Waals surface area contributed by atoms with Gasteiger partial charge in [-0.3, -0.25) is 14.9 Å². The van der Waals surface area contributed by atoms with Gasteiger partial charge in [0, 0.05) is 17.0 Å². The van der Waals surface area contributed by atoms with E-state index in [9.17, 15) is 23.7 Å². The van der Waals surface area contributed by atoms with Crippen molar-refractivity contribution in [3.63, 3.8) is 0 Å². The number of nitrogens with one attached hydrogen (secondary N) is 1. The van der Waals surface area contributed by atoms with Crippen molar-refractivity contribution in [2.75, 3.05) is 5.32 Å². The third kappa shape index (κ3) is 3.04. The van der Waals surface area contributed by atoms with Gasteiger partial charge < -0.3 is 5.32 Å². The Morgan fingerprint density at radius 2 is 1.84 bits per heavy atom. The lowest BCUT2D eigenvalue weighted by Gasteiger charge is -2.18. The highest BCUT2D eigenvalue weighted by atomic mass is 19.2. The van der Waals surface area contributed by atoms with Gasteiger partial charge in [-0.25, -0.2) is 4.39 Å². The third-order valence-corrected chi connectivity index (χ3v) is 2.56. The van der Waals surface area contributed by atoms with Crippen molar-refractivity contribution in [2.45, 2.75) is 27.7 Å². The van der Waals surface area contributed by atoms with Crippen LogP contribution in [0.3, 0.4) is 0 Å². The number of hydrogen-bond acceptors (Lipinski definition) is 3. The molecule has 0 aliphatic carbocycles. The lowest BCUT2D eigenvalue weighted by molar-refractivity contribution is -0.387. The van der Waals surface area contributed by atoms with Crippen molar-refractivity contribution in [1.29, 1.82) is 0 Å². The number of rotatable bonds is 2. The van der Waals surface area contributed by atoms with E-state index in [2.05, 4.69) is 5.32 Å².